The van der Waals surface area contributed by atoms with E-state index in [4.69, 9.17) is 5.73 Å². The van der Waals surface area contributed by atoms with E-state index in [0.29, 0.717) is 5.75 Å². The molecule has 0 fully saturated rings. The standard InChI is InChI=1S/C12H18N2OS/c1-3-6-14-12(15)8-16-11-5-4-9(2)7-10(11)13/h4-5,7H,3,6,8,13H2,1-2H3,(H,14,15). The van der Waals surface area contributed by atoms with Crippen LogP contribution in [0.1, 0.15) is 18.9 Å². The number of carbonyl (C=O) groups excluding carboxylic acids is 1. The average Bonchev–Trinajstić information content (AvgIpc) is 2.25. The largest absolute Gasteiger partial charge is 0.398 e. The number of carbonyl (C=O) groups is 1. The lowest BCUT2D eigenvalue weighted by Gasteiger charge is -2.06. The molecule has 0 unspecified atom stereocenters. The van der Waals surface area contributed by atoms with Crippen molar-refractivity contribution in [2.45, 2.75) is 25.2 Å². The van der Waals surface area contributed by atoms with Gasteiger partial charge in [0.2, 0.25) is 5.91 Å². The minimum atomic E-state index is 0.0619. The van der Waals surface area contributed by atoms with Crippen LogP contribution < -0.4 is 11.1 Å². The van der Waals surface area contributed by atoms with Gasteiger partial charge in [0, 0.05) is 17.1 Å². The Bertz CT molecular complexity index is 366. The van der Waals surface area contributed by atoms with Crippen LogP contribution in [-0.4, -0.2) is 18.2 Å². The molecule has 0 atom stereocenters. The molecule has 1 amide bonds. The Morgan fingerprint density at radius 3 is 2.88 bits per heavy atom. The topological polar surface area (TPSA) is 55.1 Å². The molecule has 3 nitrogen and oxygen atoms in total. The van der Waals surface area contributed by atoms with Crippen molar-refractivity contribution in [1.29, 1.82) is 0 Å². The Kier molecular flexibility index (Phi) is 5.19. The smallest absolute Gasteiger partial charge is 0.230 e. The van der Waals surface area contributed by atoms with Gasteiger partial charge in [0.25, 0.3) is 0 Å². The van der Waals surface area contributed by atoms with Gasteiger partial charge in [-0.15, -0.1) is 11.8 Å². The van der Waals surface area contributed by atoms with Gasteiger partial charge in [-0.2, -0.15) is 0 Å². The molecule has 0 saturated heterocycles. The number of benzene rings is 1. The van der Waals surface area contributed by atoms with Crippen molar-refractivity contribution < 1.29 is 4.79 Å². The van der Waals surface area contributed by atoms with Gasteiger partial charge in [0.05, 0.1) is 5.75 Å². The van der Waals surface area contributed by atoms with E-state index in [1.165, 1.54) is 11.8 Å². The van der Waals surface area contributed by atoms with Crippen molar-refractivity contribution in [3.05, 3.63) is 23.8 Å². The third-order valence-corrected chi connectivity index (χ3v) is 3.19. The minimum absolute atomic E-state index is 0.0619. The summed E-state index contributed by atoms with van der Waals surface area (Å²) in [6.45, 7) is 4.77. The Labute approximate surface area is 101 Å². The van der Waals surface area contributed by atoms with Crippen LogP contribution in [0.5, 0.6) is 0 Å². The number of anilines is 1. The molecule has 0 saturated carbocycles. The van der Waals surface area contributed by atoms with Gasteiger partial charge < -0.3 is 11.1 Å². The summed E-state index contributed by atoms with van der Waals surface area (Å²) in [4.78, 5) is 12.4. The van der Waals surface area contributed by atoms with Crippen molar-refractivity contribution in [3.63, 3.8) is 0 Å². The first kappa shape index (κ1) is 12.9. The predicted octanol–water partition coefficient (Wildman–Crippen LogP) is 2.20. The lowest BCUT2D eigenvalue weighted by atomic mass is 10.2. The van der Waals surface area contributed by atoms with Gasteiger partial charge >= 0.3 is 0 Å². The minimum Gasteiger partial charge on any atom is -0.398 e. The molecule has 0 spiro atoms. The summed E-state index contributed by atoms with van der Waals surface area (Å²) in [5.74, 6) is 0.486. The van der Waals surface area contributed by atoms with Gasteiger partial charge in [-0.3, -0.25) is 4.79 Å². The molecular weight excluding hydrogens is 220 g/mol. The van der Waals surface area contributed by atoms with E-state index in [1.54, 1.807) is 0 Å². The van der Waals surface area contributed by atoms with Crippen LogP contribution in [0.15, 0.2) is 23.1 Å². The van der Waals surface area contributed by atoms with Gasteiger partial charge in [-0.05, 0) is 31.0 Å². The Morgan fingerprint density at radius 2 is 2.25 bits per heavy atom. The molecule has 4 heteroatoms. The number of amides is 1. The number of hydrogen-bond acceptors (Lipinski definition) is 3. The summed E-state index contributed by atoms with van der Waals surface area (Å²) in [7, 11) is 0. The second kappa shape index (κ2) is 6.43. The molecule has 88 valence electrons. The van der Waals surface area contributed by atoms with Gasteiger partial charge in [0.15, 0.2) is 0 Å². The highest BCUT2D eigenvalue weighted by Gasteiger charge is 2.04. The van der Waals surface area contributed by atoms with Crippen molar-refractivity contribution >= 4 is 23.4 Å². The van der Waals surface area contributed by atoms with Crippen molar-refractivity contribution in [2.24, 2.45) is 0 Å². The van der Waals surface area contributed by atoms with Crippen LogP contribution >= 0.6 is 11.8 Å². The van der Waals surface area contributed by atoms with E-state index in [1.807, 2.05) is 32.0 Å². The molecule has 16 heavy (non-hydrogen) atoms. The maximum Gasteiger partial charge on any atom is 0.230 e. The van der Waals surface area contributed by atoms with Gasteiger partial charge in [0.1, 0.15) is 0 Å². The molecule has 1 rings (SSSR count). The first-order valence-electron chi connectivity index (χ1n) is 5.39. The highest BCUT2D eigenvalue weighted by molar-refractivity contribution is 8.00. The third-order valence-electron chi connectivity index (χ3n) is 2.10. The Hall–Kier alpha value is -1.16. The molecule has 0 aliphatic heterocycles. The number of hydrogen-bond donors (Lipinski definition) is 2. The van der Waals surface area contributed by atoms with Crippen LogP contribution in [0.25, 0.3) is 0 Å². The van der Waals surface area contributed by atoms with Crippen LogP contribution in [-0.2, 0) is 4.79 Å². The normalized spacial score (nSPS) is 10.1. The highest BCUT2D eigenvalue weighted by atomic mass is 32.2. The van der Waals surface area contributed by atoms with E-state index >= 15 is 0 Å². The van der Waals surface area contributed by atoms with Crippen LogP contribution in [0.4, 0.5) is 5.69 Å². The number of rotatable bonds is 5. The number of thioether (sulfide) groups is 1. The second-order valence-corrected chi connectivity index (χ2v) is 4.70. The summed E-state index contributed by atoms with van der Waals surface area (Å²) in [5.41, 5.74) is 7.74. The van der Waals surface area contributed by atoms with Crippen LogP contribution in [0.2, 0.25) is 0 Å². The molecular formula is C12H18N2OS. The van der Waals surface area contributed by atoms with Gasteiger partial charge in [-0.25, -0.2) is 0 Å². The fourth-order valence-corrected chi connectivity index (χ4v) is 2.04. The zero-order valence-electron chi connectivity index (χ0n) is 9.75. The summed E-state index contributed by atoms with van der Waals surface area (Å²) in [6, 6.07) is 5.89. The zero-order chi connectivity index (χ0) is 12.0. The van der Waals surface area contributed by atoms with Crippen molar-refractivity contribution in [1.82, 2.24) is 5.32 Å². The molecule has 0 radical (unpaired) electrons. The maximum absolute atomic E-state index is 11.4. The van der Waals surface area contributed by atoms with E-state index in [-0.39, 0.29) is 5.91 Å². The van der Waals surface area contributed by atoms with E-state index in [0.717, 1.165) is 29.1 Å². The average molecular weight is 238 g/mol. The Balaban J connectivity index is 2.45. The molecule has 0 heterocycles. The number of nitrogens with one attached hydrogen (secondary N) is 1. The predicted molar refractivity (Wildman–Crippen MR) is 69.6 cm³/mol. The lowest BCUT2D eigenvalue weighted by molar-refractivity contribution is -0.118. The molecule has 0 aromatic heterocycles. The molecule has 0 aliphatic carbocycles. The summed E-state index contributed by atoms with van der Waals surface area (Å²) in [5, 5.41) is 2.83. The van der Waals surface area contributed by atoms with Crippen molar-refractivity contribution in [2.75, 3.05) is 18.0 Å². The van der Waals surface area contributed by atoms with Crippen molar-refractivity contribution in [3.8, 4) is 0 Å². The maximum atomic E-state index is 11.4. The van der Waals surface area contributed by atoms with E-state index < -0.39 is 0 Å². The second-order valence-electron chi connectivity index (χ2n) is 3.68. The van der Waals surface area contributed by atoms with E-state index in [9.17, 15) is 4.79 Å². The van der Waals surface area contributed by atoms with Crippen LogP contribution in [0, 0.1) is 6.92 Å². The molecule has 0 bridgehead atoms. The lowest BCUT2D eigenvalue weighted by Crippen LogP contribution is -2.25. The quantitative estimate of drug-likeness (QED) is 0.611. The van der Waals surface area contributed by atoms with E-state index in [2.05, 4.69) is 5.32 Å². The first-order valence-corrected chi connectivity index (χ1v) is 6.37. The molecule has 1 aromatic carbocycles. The number of nitrogens with two attached hydrogens (primary N) is 1. The first-order chi connectivity index (χ1) is 7.63. The fraction of sp³-hybridized carbons (Fsp3) is 0.417. The molecule has 3 N–H and O–H groups in total. The highest BCUT2D eigenvalue weighted by Crippen LogP contribution is 2.25. The summed E-state index contributed by atoms with van der Waals surface area (Å²) in [6.07, 6.45) is 0.961. The Morgan fingerprint density at radius 1 is 1.50 bits per heavy atom. The SMILES string of the molecule is CCCNC(=O)CSc1ccc(C)cc1N. The number of aryl methyl sites for hydroxylation is 1. The third kappa shape index (κ3) is 4.14. The monoisotopic (exact) mass is 238 g/mol. The summed E-state index contributed by atoms with van der Waals surface area (Å²) >= 11 is 1.48. The fourth-order valence-electron chi connectivity index (χ4n) is 1.26. The summed E-state index contributed by atoms with van der Waals surface area (Å²) < 4.78 is 0. The molecule has 0 aliphatic rings. The van der Waals surface area contributed by atoms with Gasteiger partial charge in [-0.1, -0.05) is 13.0 Å². The number of nitrogen functional groups attached to an aromatic ring is 1. The molecule has 1 aromatic rings. The zero-order valence-corrected chi connectivity index (χ0v) is 10.6. The van der Waals surface area contributed by atoms with Crippen LogP contribution in [0.3, 0.4) is 0 Å².